The van der Waals surface area contributed by atoms with Crippen LogP contribution in [-0.2, 0) is 4.79 Å². The Balaban J connectivity index is 2.28. The number of aliphatic imine (C=N–C) groups is 1. The van der Waals surface area contributed by atoms with Crippen molar-refractivity contribution in [3.63, 3.8) is 0 Å². The summed E-state index contributed by atoms with van der Waals surface area (Å²) >= 11 is 0. The number of hydrogen-bond acceptors (Lipinski definition) is 4. The lowest BCUT2D eigenvalue weighted by Gasteiger charge is -2.08. The van der Waals surface area contributed by atoms with Crippen molar-refractivity contribution in [2.24, 2.45) is 4.99 Å². The maximum atomic E-state index is 10.5. The van der Waals surface area contributed by atoms with E-state index in [0.717, 1.165) is 25.9 Å². The van der Waals surface area contributed by atoms with Crippen molar-refractivity contribution in [3.8, 4) is 0 Å². The van der Waals surface area contributed by atoms with Crippen LogP contribution in [0.25, 0.3) is 0 Å². The second kappa shape index (κ2) is 4.58. The van der Waals surface area contributed by atoms with Gasteiger partial charge in [-0.2, -0.15) is 0 Å². The van der Waals surface area contributed by atoms with Crippen molar-refractivity contribution in [1.29, 1.82) is 0 Å². The average molecular weight is 170 g/mol. The molecule has 0 aromatic carbocycles. The number of nitrogens with one attached hydrogen (secondary N) is 3. The minimum Gasteiger partial charge on any atom is -0.355 e. The lowest BCUT2D eigenvalue weighted by molar-refractivity contribution is -0.119. The molecule has 1 aliphatic rings. The Morgan fingerprint density at radius 1 is 1.58 bits per heavy atom. The number of guanidine groups is 1. The molecule has 5 heteroatoms. The fourth-order valence-corrected chi connectivity index (χ4v) is 0.921. The number of amides is 1. The highest BCUT2D eigenvalue weighted by Gasteiger charge is 2.01. The maximum absolute atomic E-state index is 10.5. The van der Waals surface area contributed by atoms with Crippen LogP contribution in [0.5, 0.6) is 0 Å². The van der Waals surface area contributed by atoms with E-state index in [4.69, 9.17) is 0 Å². The molecule has 1 aliphatic heterocycles. The zero-order valence-corrected chi connectivity index (χ0v) is 7.18. The molecule has 1 amide bonds. The van der Waals surface area contributed by atoms with Crippen molar-refractivity contribution in [2.75, 3.05) is 13.1 Å². The minimum absolute atomic E-state index is 0.122. The number of hydrogen-bond donors (Lipinski definition) is 3. The van der Waals surface area contributed by atoms with E-state index in [1.54, 1.807) is 0 Å². The van der Waals surface area contributed by atoms with Gasteiger partial charge in [-0.1, -0.05) is 0 Å². The lowest BCUT2D eigenvalue weighted by atomic mass is 10.3. The standard InChI is InChI=1S/C7H14N4O/c1-6(12)10-11-7-8-4-2-3-5-9-7/h2-5H2,1H3,(H,10,12)(H2,8,9,11). The van der Waals surface area contributed by atoms with Gasteiger partial charge in [0, 0.05) is 20.0 Å². The van der Waals surface area contributed by atoms with E-state index in [2.05, 4.69) is 21.2 Å². The molecular formula is C7H14N4O. The van der Waals surface area contributed by atoms with Gasteiger partial charge in [-0.3, -0.25) is 20.6 Å². The Labute approximate surface area is 71.6 Å². The minimum atomic E-state index is -0.122. The van der Waals surface area contributed by atoms with Crippen LogP contribution in [0.1, 0.15) is 19.8 Å². The fourth-order valence-electron chi connectivity index (χ4n) is 0.921. The van der Waals surface area contributed by atoms with E-state index in [-0.39, 0.29) is 5.91 Å². The molecule has 1 heterocycles. The number of carbonyl (C=O) groups is 1. The second-order valence-corrected chi connectivity index (χ2v) is 2.67. The zero-order chi connectivity index (χ0) is 8.81. The molecule has 0 radical (unpaired) electrons. The molecule has 0 fully saturated rings. The van der Waals surface area contributed by atoms with Crippen molar-refractivity contribution in [3.05, 3.63) is 0 Å². The van der Waals surface area contributed by atoms with Crippen LogP contribution in [0.15, 0.2) is 4.99 Å². The number of hydrazine groups is 1. The van der Waals surface area contributed by atoms with Crippen molar-refractivity contribution in [1.82, 2.24) is 16.2 Å². The molecule has 5 nitrogen and oxygen atoms in total. The lowest BCUT2D eigenvalue weighted by Crippen LogP contribution is -2.47. The van der Waals surface area contributed by atoms with E-state index in [1.807, 2.05) is 0 Å². The van der Waals surface area contributed by atoms with E-state index in [1.165, 1.54) is 6.92 Å². The molecule has 0 unspecified atom stereocenters. The largest absolute Gasteiger partial charge is 0.355 e. The predicted molar refractivity (Wildman–Crippen MR) is 46.5 cm³/mol. The van der Waals surface area contributed by atoms with Crippen LogP contribution in [0.3, 0.4) is 0 Å². The normalized spacial score (nSPS) is 16.9. The molecular weight excluding hydrogens is 156 g/mol. The monoisotopic (exact) mass is 170 g/mol. The van der Waals surface area contributed by atoms with Crippen LogP contribution in [0, 0.1) is 0 Å². The van der Waals surface area contributed by atoms with Gasteiger partial charge >= 0.3 is 0 Å². The van der Waals surface area contributed by atoms with Gasteiger partial charge in [-0.05, 0) is 12.8 Å². The average Bonchev–Trinajstić information content (AvgIpc) is 2.28. The van der Waals surface area contributed by atoms with Gasteiger partial charge in [-0.15, -0.1) is 0 Å². The molecule has 0 aliphatic carbocycles. The predicted octanol–water partition coefficient (Wildman–Crippen LogP) is -0.633. The van der Waals surface area contributed by atoms with Gasteiger partial charge in [-0.25, -0.2) is 0 Å². The molecule has 0 atom stereocenters. The quantitative estimate of drug-likeness (QED) is 0.424. The highest BCUT2D eigenvalue weighted by atomic mass is 16.2. The molecule has 3 N–H and O–H groups in total. The van der Waals surface area contributed by atoms with Gasteiger partial charge in [0.15, 0.2) is 0 Å². The molecule has 0 bridgehead atoms. The first kappa shape index (κ1) is 8.83. The third-order valence-electron chi connectivity index (χ3n) is 1.50. The topological polar surface area (TPSA) is 65.5 Å². The van der Waals surface area contributed by atoms with Gasteiger partial charge in [0.1, 0.15) is 0 Å². The molecule has 0 saturated carbocycles. The summed E-state index contributed by atoms with van der Waals surface area (Å²) in [6, 6.07) is 0. The molecule has 1 rings (SSSR count). The van der Waals surface area contributed by atoms with Crippen molar-refractivity contribution >= 4 is 11.9 Å². The summed E-state index contributed by atoms with van der Waals surface area (Å²) in [4.78, 5) is 14.7. The van der Waals surface area contributed by atoms with Gasteiger partial charge in [0.2, 0.25) is 11.9 Å². The summed E-state index contributed by atoms with van der Waals surface area (Å²) < 4.78 is 0. The molecule has 68 valence electrons. The summed E-state index contributed by atoms with van der Waals surface area (Å²) in [5.74, 6) is 0.534. The summed E-state index contributed by atoms with van der Waals surface area (Å²) in [7, 11) is 0. The van der Waals surface area contributed by atoms with E-state index in [9.17, 15) is 4.79 Å². The second-order valence-electron chi connectivity index (χ2n) is 2.67. The van der Waals surface area contributed by atoms with Gasteiger partial charge < -0.3 is 5.32 Å². The van der Waals surface area contributed by atoms with Crippen molar-refractivity contribution < 1.29 is 4.79 Å². The van der Waals surface area contributed by atoms with Crippen molar-refractivity contribution in [2.45, 2.75) is 19.8 Å². The molecule has 0 saturated heterocycles. The Morgan fingerprint density at radius 3 is 3.17 bits per heavy atom. The first-order valence-corrected chi connectivity index (χ1v) is 4.10. The van der Waals surface area contributed by atoms with Gasteiger partial charge in [0.25, 0.3) is 0 Å². The van der Waals surface area contributed by atoms with Crippen LogP contribution in [0.4, 0.5) is 0 Å². The van der Waals surface area contributed by atoms with Crippen LogP contribution in [0.2, 0.25) is 0 Å². The Kier molecular flexibility index (Phi) is 3.37. The van der Waals surface area contributed by atoms with Crippen LogP contribution in [-0.4, -0.2) is 25.0 Å². The number of nitrogens with zero attached hydrogens (tertiary/aromatic N) is 1. The molecule has 0 spiro atoms. The summed E-state index contributed by atoms with van der Waals surface area (Å²) in [6.45, 7) is 3.17. The highest BCUT2D eigenvalue weighted by molar-refractivity contribution is 5.83. The van der Waals surface area contributed by atoms with E-state index in [0.29, 0.717) is 5.96 Å². The number of rotatable bonds is 0. The Hall–Kier alpha value is -1.26. The highest BCUT2D eigenvalue weighted by Crippen LogP contribution is 1.91. The maximum Gasteiger partial charge on any atom is 0.235 e. The van der Waals surface area contributed by atoms with Crippen LogP contribution < -0.4 is 16.2 Å². The van der Waals surface area contributed by atoms with Gasteiger partial charge in [0.05, 0.1) is 0 Å². The molecule has 0 aromatic rings. The Bertz CT molecular complexity index is 190. The fraction of sp³-hybridized carbons (Fsp3) is 0.714. The smallest absolute Gasteiger partial charge is 0.235 e. The summed E-state index contributed by atoms with van der Waals surface area (Å²) in [6.07, 6.45) is 2.22. The molecule has 0 aromatic heterocycles. The zero-order valence-electron chi connectivity index (χ0n) is 7.18. The molecule has 12 heavy (non-hydrogen) atoms. The first-order valence-electron chi connectivity index (χ1n) is 4.10. The first-order chi connectivity index (χ1) is 5.79. The SMILES string of the molecule is CC(=O)NNC1=NCCCCN1. The van der Waals surface area contributed by atoms with Crippen LogP contribution >= 0.6 is 0 Å². The summed E-state index contributed by atoms with van der Waals surface area (Å²) in [5.41, 5.74) is 5.16. The third-order valence-corrected chi connectivity index (χ3v) is 1.50. The van der Waals surface area contributed by atoms with E-state index < -0.39 is 0 Å². The third kappa shape index (κ3) is 3.23. The Morgan fingerprint density at radius 2 is 2.42 bits per heavy atom. The van der Waals surface area contributed by atoms with E-state index >= 15 is 0 Å². The number of carbonyl (C=O) groups excluding carboxylic acids is 1. The summed E-state index contributed by atoms with van der Waals surface area (Å²) in [5, 5.41) is 3.06.